The van der Waals surface area contributed by atoms with Crippen LogP contribution < -0.4 is 4.72 Å². The first-order chi connectivity index (χ1) is 14.0. The molecule has 156 valence electrons. The highest BCUT2D eigenvalue weighted by Gasteiger charge is 2.32. The largest absolute Gasteiger partial charge is 0.419 e. The molecule has 4 aromatic rings. The number of nitrogens with zero attached hydrogens (tertiary/aromatic N) is 5. The third kappa shape index (κ3) is 3.71. The van der Waals surface area contributed by atoms with Crippen LogP contribution in [0, 0.1) is 0 Å². The van der Waals surface area contributed by atoms with E-state index >= 15 is 0 Å². The number of benzene rings is 1. The fraction of sp³-hybridized carbons (Fsp3) is 0.118. The smallest absolute Gasteiger partial charge is 0.276 e. The van der Waals surface area contributed by atoms with Gasteiger partial charge in [-0.05, 0) is 24.3 Å². The van der Waals surface area contributed by atoms with Crippen LogP contribution in [0.5, 0.6) is 0 Å². The Labute approximate surface area is 173 Å². The van der Waals surface area contributed by atoms with Crippen molar-refractivity contribution in [3.63, 3.8) is 0 Å². The van der Waals surface area contributed by atoms with Gasteiger partial charge in [0.25, 0.3) is 10.0 Å². The second-order valence-corrected chi connectivity index (χ2v) is 8.38. The number of aromatic nitrogens is 5. The molecule has 3 aromatic heterocycles. The minimum Gasteiger partial charge on any atom is -0.276 e. The average molecular weight is 457 g/mol. The lowest BCUT2D eigenvalue weighted by Crippen LogP contribution is -2.14. The zero-order chi connectivity index (χ0) is 21.7. The van der Waals surface area contributed by atoms with Crippen molar-refractivity contribution in [1.29, 1.82) is 0 Å². The molecule has 0 fully saturated rings. The Bertz CT molecular complexity index is 1350. The predicted molar refractivity (Wildman–Crippen MR) is 103 cm³/mol. The van der Waals surface area contributed by atoms with E-state index in [0.717, 1.165) is 17.1 Å². The number of anilines is 1. The van der Waals surface area contributed by atoms with Gasteiger partial charge in [0.1, 0.15) is 10.4 Å². The molecule has 8 nitrogen and oxygen atoms in total. The summed E-state index contributed by atoms with van der Waals surface area (Å²) in [6, 6.07) is 5.69. The summed E-state index contributed by atoms with van der Waals surface area (Å²) >= 11 is 6.16. The molecule has 0 bridgehead atoms. The number of alkyl halides is 3. The number of aryl methyl sites for hydroxylation is 1. The van der Waals surface area contributed by atoms with Crippen molar-refractivity contribution >= 4 is 38.2 Å². The van der Waals surface area contributed by atoms with E-state index in [0.29, 0.717) is 17.1 Å². The predicted octanol–water partition coefficient (Wildman–Crippen LogP) is 3.63. The number of hydrogen-bond acceptors (Lipinski definition) is 5. The normalized spacial score (nSPS) is 12.4. The number of fused-ring (bicyclic) bond motifs is 1. The van der Waals surface area contributed by atoms with Crippen molar-refractivity contribution in [3.05, 3.63) is 59.6 Å². The highest BCUT2D eigenvalue weighted by Crippen LogP contribution is 2.32. The molecule has 0 unspecified atom stereocenters. The van der Waals surface area contributed by atoms with Gasteiger partial charge in [-0.2, -0.15) is 23.4 Å². The third-order valence-corrected chi connectivity index (χ3v) is 5.80. The molecular weight excluding hydrogens is 445 g/mol. The molecule has 0 radical (unpaired) electrons. The Morgan fingerprint density at radius 3 is 2.50 bits per heavy atom. The summed E-state index contributed by atoms with van der Waals surface area (Å²) in [4.78, 5) is 3.69. The Hall–Kier alpha value is -3.12. The van der Waals surface area contributed by atoms with Crippen molar-refractivity contribution < 1.29 is 21.6 Å². The van der Waals surface area contributed by atoms with E-state index in [1.807, 2.05) is 0 Å². The van der Waals surface area contributed by atoms with Crippen LogP contribution in [-0.2, 0) is 23.2 Å². The van der Waals surface area contributed by atoms with Crippen molar-refractivity contribution in [2.45, 2.75) is 11.1 Å². The highest BCUT2D eigenvalue weighted by atomic mass is 35.5. The fourth-order valence-electron chi connectivity index (χ4n) is 2.73. The zero-order valence-electron chi connectivity index (χ0n) is 15.1. The van der Waals surface area contributed by atoms with Gasteiger partial charge in [0.05, 0.1) is 22.5 Å². The molecule has 0 saturated heterocycles. The molecule has 0 saturated carbocycles. The summed E-state index contributed by atoms with van der Waals surface area (Å²) in [6.07, 6.45) is -0.408. The maximum absolute atomic E-state index is 12.8. The van der Waals surface area contributed by atoms with Crippen LogP contribution in [0.2, 0.25) is 5.02 Å². The van der Waals surface area contributed by atoms with Gasteiger partial charge in [0, 0.05) is 31.0 Å². The number of pyridine rings is 1. The molecule has 0 spiro atoms. The van der Waals surface area contributed by atoms with Crippen LogP contribution in [0.4, 0.5) is 18.9 Å². The standard InChI is InChI=1S/C17H12ClF3N6O2S/c1-26-8-10-2-4-13(18)16(15(10)24-26)25-30(28,29)12-3-5-14(22-7-12)27-9-11(6-23-27)17(19,20)21/h2-9,25H,1H3. The topological polar surface area (TPSA) is 94.7 Å². The second-order valence-electron chi connectivity index (χ2n) is 6.29. The van der Waals surface area contributed by atoms with Gasteiger partial charge >= 0.3 is 6.18 Å². The van der Waals surface area contributed by atoms with E-state index < -0.39 is 21.8 Å². The summed E-state index contributed by atoms with van der Waals surface area (Å²) in [5.74, 6) is 0.0225. The number of rotatable bonds is 4. The Balaban J connectivity index is 1.64. The molecule has 0 aliphatic heterocycles. The maximum atomic E-state index is 12.8. The quantitative estimate of drug-likeness (QED) is 0.506. The third-order valence-electron chi connectivity index (χ3n) is 4.15. The molecular formula is C17H12ClF3N6O2S. The van der Waals surface area contributed by atoms with Crippen molar-refractivity contribution in [2.75, 3.05) is 4.72 Å². The van der Waals surface area contributed by atoms with Crippen LogP contribution in [-0.4, -0.2) is 33.0 Å². The summed E-state index contributed by atoms with van der Waals surface area (Å²) in [6.45, 7) is 0. The van der Waals surface area contributed by atoms with Gasteiger partial charge in [-0.3, -0.25) is 9.40 Å². The van der Waals surface area contributed by atoms with Gasteiger partial charge in [-0.15, -0.1) is 0 Å². The summed E-state index contributed by atoms with van der Waals surface area (Å²) in [7, 11) is -2.40. The SMILES string of the molecule is Cn1cc2ccc(Cl)c(NS(=O)(=O)c3ccc(-n4cc(C(F)(F)F)cn4)nc3)c2n1. The van der Waals surface area contributed by atoms with Crippen LogP contribution in [0.15, 0.2) is 53.9 Å². The second kappa shape index (κ2) is 6.99. The molecule has 0 atom stereocenters. The fourth-order valence-corrected chi connectivity index (χ4v) is 4.02. The van der Waals surface area contributed by atoms with Gasteiger partial charge in [0.2, 0.25) is 0 Å². The Morgan fingerprint density at radius 2 is 1.87 bits per heavy atom. The monoisotopic (exact) mass is 456 g/mol. The van der Waals surface area contributed by atoms with E-state index in [4.69, 9.17) is 11.6 Å². The molecule has 0 amide bonds. The van der Waals surface area contributed by atoms with Crippen molar-refractivity contribution in [2.24, 2.45) is 7.05 Å². The van der Waals surface area contributed by atoms with Crippen molar-refractivity contribution in [1.82, 2.24) is 24.5 Å². The lowest BCUT2D eigenvalue weighted by Gasteiger charge is -2.10. The van der Waals surface area contributed by atoms with E-state index in [2.05, 4.69) is 19.9 Å². The van der Waals surface area contributed by atoms with Crippen LogP contribution >= 0.6 is 11.6 Å². The maximum Gasteiger partial charge on any atom is 0.419 e. The number of hydrogen-bond donors (Lipinski definition) is 1. The molecule has 1 N–H and O–H groups in total. The van der Waals surface area contributed by atoms with Crippen LogP contribution in [0.1, 0.15) is 5.56 Å². The van der Waals surface area contributed by atoms with E-state index in [9.17, 15) is 21.6 Å². The molecule has 30 heavy (non-hydrogen) atoms. The number of halogens is 4. The highest BCUT2D eigenvalue weighted by molar-refractivity contribution is 7.92. The molecule has 0 aliphatic carbocycles. The van der Waals surface area contributed by atoms with Gasteiger partial charge in [-0.25, -0.2) is 18.1 Å². The lowest BCUT2D eigenvalue weighted by molar-refractivity contribution is -0.137. The zero-order valence-corrected chi connectivity index (χ0v) is 16.7. The molecule has 0 aliphatic rings. The Kier molecular flexibility index (Phi) is 4.70. The first kappa shape index (κ1) is 20.2. The number of sulfonamides is 1. The van der Waals surface area contributed by atoms with Crippen molar-refractivity contribution in [3.8, 4) is 5.82 Å². The first-order valence-electron chi connectivity index (χ1n) is 8.27. The average Bonchev–Trinajstić information content (AvgIpc) is 3.31. The minimum absolute atomic E-state index is 0.0225. The van der Waals surface area contributed by atoms with Crippen LogP contribution in [0.3, 0.4) is 0 Å². The Morgan fingerprint density at radius 1 is 1.10 bits per heavy atom. The van der Waals surface area contributed by atoms with E-state index in [-0.39, 0.29) is 21.4 Å². The van der Waals surface area contributed by atoms with Gasteiger partial charge in [0.15, 0.2) is 5.82 Å². The van der Waals surface area contributed by atoms with Crippen LogP contribution in [0.25, 0.3) is 16.7 Å². The van der Waals surface area contributed by atoms with E-state index in [1.165, 1.54) is 16.8 Å². The molecule has 3 heterocycles. The van der Waals surface area contributed by atoms with Gasteiger partial charge < -0.3 is 0 Å². The molecule has 4 rings (SSSR count). The minimum atomic E-state index is -4.54. The first-order valence-corrected chi connectivity index (χ1v) is 10.1. The summed E-state index contributed by atoms with van der Waals surface area (Å²) in [5.41, 5.74) is -0.462. The number of nitrogens with one attached hydrogen (secondary N) is 1. The van der Waals surface area contributed by atoms with E-state index in [1.54, 1.807) is 25.4 Å². The lowest BCUT2D eigenvalue weighted by atomic mass is 10.2. The summed E-state index contributed by atoms with van der Waals surface area (Å²) < 4.78 is 68.5. The molecule has 13 heteroatoms. The summed E-state index contributed by atoms with van der Waals surface area (Å²) in [5, 5.41) is 8.66. The molecule has 1 aromatic carbocycles. The van der Waals surface area contributed by atoms with Gasteiger partial charge in [-0.1, -0.05) is 11.6 Å².